The Morgan fingerprint density at radius 1 is 1.40 bits per heavy atom. The van der Waals surface area contributed by atoms with Crippen molar-refractivity contribution in [3.05, 3.63) is 35.9 Å². The van der Waals surface area contributed by atoms with Crippen LogP contribution in [-0.4, -0.2) is 48.1 Å². The predicted molar refractivity (Wildman–Crippen MR) is 80.9 cm³/mol. The van der Waals surface area contributed by atoms with Gasteiger partial charge in [-0.2, -0.15) is 0 Å². The topological polar surface area (TPSA) is 45.1 Å². The third-order valence-electron chi connectivity index (χ3n) is 3.50. The molecule has 0 bridgehead atoms. The molecule has 0 radical (unpaired) electrons. The van der Waals surface area contributed by atoms with E-state index in [0.717, 1.165) is 37.1 Å². The van der Waals surface area contributed by atoms with Crippen LogP contribution in [0, 0.1) is 0 Å². The van der Waals surface area contributed by atoms with Gasteiger partial charge in [-0.1, -0.05) is 48.8 Å². The molecule has 4 heteroatoms. The Morgan fingerprint density at radius 2 is 2.15 bits per heavy atom. The lowest BCUT2D eigenvalue weighted by molar-refractivity contribution is 0.0427. The molecular formula is C16H24N2O2. The van der Waals surface area contributed by atoms with Gasteiger partial charge in [-0.3, -0.25) is 0 Å². The quantitative estimate of drug-likeness (QED) is 0.831. The highest BCUT2D eigenvalue weighted by molar-refractivity contribution is 6.01. The van der Waals surface area contributed by atoms with E-state index in [0.29, 0.717) is 6.54 Å². The van der Waals surface area contributed by atoms with Gasteiger partial charge in [0.1, 0.15) is 6.10 Å². The van der Waals surface area contributed by atoms with E-state index in [2.05, 4.69) is 29.1 Å². The van der Waals surface area contributed by atoms with Crippen LogP contribution in [-0.2, 0) is 4.84 Å². The summed E-state index contributed by atoms with van der Waals surface area (Å²) in [5.41, 5.74) is 2.14. The molecule has 1 aromatic carbocycles. The highest BCUT2D eigenvalue weighted by Gasteiger charge is 2.23. The van der Waals surface area contributed by atoms with Gasteiger partial charge in [-0.25, -0.2) is 0 Å². The van der Waals surface area contributed by atoms with Gasteiger partial charge in [0.25, 0.3) is 0 Å². The van der Waals surface area contributed by atoms with E-state index >= 15 is 0 Å². The number of hydrogen-bond acceptors (Lipinski definition) is 4. The fourth-order valence-electron chi connectivity index (χ4n) is 2.53. The molecule has 4 nitrogen and oxygen atoms in total. The summed E-state index contributed by atoms with van der Waals surface area (Å²) in [4.78, 5) is 7.62. The third-order valence-corrected chi connectivity index (χ3v) is 3.50. The summed E-state index contributed by atoms with van der Waals surface area (Å²) in [6.07, 6.45) is 2.53. The summed E-state index contributed by atoms with van der Waals surface area (Å²) < 4.78 is 0. The van der Waals surface area contributed by atoms with Crippen molar-refractivity contribution in [2.24, 2.45) is 5.16 Å². The smallest absolute Gasteiger partial charge is 0.145 e. The van der Waals surface area contributed by atoms with Crippen LogP contribution in [0.15, 0.2) is 35.5 Å². The van der Waals surface area contributed by atoms with Crippen molar-refractivity contribution in [2.45, 2.75) is 38.4 Å². The third kappa shape index (κ3) is 4.32. The lowest BCUT2D eigenvalue weighted by Crippen LogP contribution is -2.35. The molecule has 20 heavy (non-hydrogen) atoms. The second-order valence-electron chi connectivity index (χ2n) is 5.50. The SMILES string of the molecule is CCC[C@@H](O)CN(C)C[C@H]1CC(c2ccccc2)=NO1. The first-order valence-electron chi connectivity index (χ1n) is 7.33. The maximum Gasteiger partial charge on any atom is 0.145 e. The molecule has 0 aliphatic carbocycles. The van der Waals surface area contributed by atoms with Crippen LogP contribution in [0.3, 0.4) is 0 Å². The van der Waals surface area contributed by atoms with E-state index in [9.17, 15) is 5.11 Å². The Morgan fingerprint density at radius 3 is 2.85 bits per heavy atom. The van der Waals surface area contributed by atoms with E-state index in [-0.39, 0.29) is 12.2 Å². The van der Waals surface area contributed by atoms with Crippen LogP contribution < -0.4 is 0 Å². The van der Waals surface area contributed by atoms with Crippen LogP contribution >= 0.6 is 0 Å². The van der Waals surface area contributed by atoms with Gasteiger partial charge in [-0.05, 0) is 19.0 Å². The van der Waals surface area contributed by atoms with Gasteiger partial charge in [0.15, 0.2) is 0 Å². The Hall–Kier alpha value is -1.39. The van der Waals surface area contributed by atoms with E-state index in [4.69, 9.17) is 4.84 Å². The van der Waals surface area contributed by atoms with E-state index < -0.39 is 0 Å². The zero-order valence-corrected chi connectivity index (χ0v) is 12.3. The predicted octanol–water partition coefficient (Wildman–Crippen LogP) is 2.27. The number of benzene rings is 1. The molecule has 0 amide bonds. The van der Waals surface area contributed by atoms with Gasteiger partial charge in [0.05, 0.1) is 11.8 Å². The van der Waals surface area contributed by atoms with E-state index in [1.165, 1.54) is 0 Å². The summed E-state index contributed by atoms with van der Waals surface area (Å²) >= 11 is 0. The Labute approximate surface area is 121 Å². The molecule has 0 aromatic heterocycles. The molecule has 2 atom stereocenters. The van der Waals surface area contributed by atoms with Crippen molar-refractivity contribution in [3.8, 4) is 0 Å². The molecule has 2 rings (SSSR count). The number of oxime groups is 1. The fourth-order valence-corrected chi connectivity index (χ4v) is 2.53. The number of likely N-dealkylation sites (N-methyl/N-ethyl adjacent to an activating group) is 1. The van der Waals surface area contributed by atoms with Crippen molar-refractivity contribution >= 4 is 5.71 Å². The van der Waals surface area contributed by atoms with Crippen molar-refractivity contribution in [1.82, 2.24) is 4.90 Å². The molecule has 0 unspecified atom stereocenters. The highest BCUT2D eigenvalue weighted by Crippen LogP contribution is 2.17. The molecule has 1 heterocycles. The van der Waals surface area contributed by atoms with Gasteiger partial charge in [0.2, 0.25) is 0 Å². The lowest BCUT2D eigenvalue weighted by atomic mass is 10.0. The largest absolute Gasteiger partial charge is 0.392 e. The Bertz CT molecular complexity index is 433. The van der Waals surface area contributed by atoms with E-state index in [1.807, 2.05) is 25.2 Å². The van der Waals surface area contributed by atoms with Crippen LogP contribution in [0.1, 0.15) is 31.7 Å². The number of nitrogens with zero attached hydrogens (tertiary/aromatic N) is 2. The van der Waals surface area contributed by atoms with E-state index in [1.54, 1.807) is 0 Å². The molecule has 1 aliphatic rings. The zero-order chi connectivity index (χ0) is 14.4. The lowest BCUT2D eigenvalue weighted by Gasteiger charge is -2.22. The molecular weight excluding hydrogens is 252 g/mol. The number of rotatable bonds is 7. The summed E-state index contributed by atoms with van der Waals surface area (Å²) in [5, 5.41) is 14.0. The monoisotopic (exact) mass is 276 g/mol. The number of aliphatic hydroxyl groups is 1. The average molecular weight is 276 g/mol. The number of hydrogen-bond donors (Lipinski definition) is 1. The standard InChI is InChI=1S/C16H24N2O2/c1-3-7-14(19)11-18(2)12-15-10-16(17-20-15)13-8-5-4-6-9-13/h4-6,8-9,14-15,19H,3,7,10-12H2,1-2H3/t14-,15-/m1/s1. The van der Waals surface area contributed by atoms with Crippen molar-refractivity contribution < 1.29 is 9.94 Å². The van der Waals surface area contributed by atoms with Crippen molar-refractivity contribution in [3.63, 3.8) is 0 Å². The highest BCUT2D eigenvalue weighted by atomic mass is 16.6. The van der Waals surface area contributed by atoms with Crippen LogP contribution in [0.25, 0.3) is 0 Å². The minimum absolute atomic E-state index is 0.0871. The van der Waals surface area contributed by atoms with Crippen LogP contribution in [0.2, 0.25) is 0 Å². The minimum Gasteiger partial charge on any atom is -0.392 e. The van der Waals surface area contributed by atoms with Crippen LogP contribution in [0.5, 0.6) is 0 Å². The van der Waals surface area contributed by atoms with Gasteiger partial charge in [-0.15, -0.1) is 0 Å². The molecule has 110 valence electrons. The average Bonchev–Trinajstić information content (AvgIpc) is 2.88. The summed E-state index contributed by atoms with van der Waals surface area (Å²) in [5.74, 6) is 0. The summed E-state index contributed by atoms with van der Waals surface area (Å²) in [6, 6.07) is 10.1. The maximum atomic E-state index is 9.81. The second-order valence-corrected chi connectivity index (χ2v) is 5.50. The van der Waals surface area contributed by atoms with Gasteiger partial charge in [0, 0.05) is 19.5 Å². The summed E-state index contributed by atoms with van der Waals surface area (Å²) in [7, 11) is 2.02. The fraction of sp³-hybridized carbons (Fsp3) is 0.562. The minimum atomic E-state index is -0.249. The molecule has 0 fully saturated rings. The molecule has 0 spiro atoms. The first kappa shape index (κ1) is 15.0. The van der Waals surface area contributed by atoms with Gasteiger partial charge >= 0.3 is 0 Å². The normalized spacial score (nSPS) is 19.8. The first-order chi connectivity index (χ1) is 9.69. The second kappa shape index (κ2) is 7.41. The molecule has 1 N–H and O–H groups in total. The van der Waals surface area contributed by atoms with Crippen molar-refractivity contribution in [1.29, 1.82) is 0 Å². The number of aliphatic hydroxyl groups excluding tert-OH is 1. The molecule has 0 saturated heterocycles. The molecule has 0 saturated carbocycles. The van der Waals surface area contributed by atoms with Crippen LogP contribution in [0.4, 0.5) is 0 Å². The maximum absolute atomic E-state index is 9.81. The summed E-state index contributed by atoms with van der Waals surface area (Å²) in [6.45, 7) is 3.57. The Balaban J connectivity index is 1.77. The molecule has 1 aromatic rings. The van der Waals surface area contributed by atoms with Gasteiger partial charge < -0.3 is 14.8 Å². The molecule has 1 aliphatic heterocycles. The Kier molecular flexibility index (Phi) is 5.56. The zero-order valence-electron chi connectivity index (χ0n) is 12.3. The first-order valence-corrected chi connectivity index (χ1v) is 7.33. The van der Waals surface area contributed by atoms with Crippen molar-refractivity contribution in [2.75, 3.05) is 20.1 Å².